The summed E-state index contributed by atoms with van der Waals surface area (Å²) in [5, 5.41) is 4.31. The fourth-order valence-electron chi connectivity index (χ4n) is 2.17. The average Bonchev–Trinajstić information content (AvgIpc) is 2.96. The van der Waals surface area contributed by atoms with Crippen LogP contribution in [0.1, 0.15) is 17.2 Å². The quantitative estimate of drug-likeness (QED) is 0.784. The van der Waals surface area contributed by atoms with Crippen molar-refractivity contribution < 1.29 is 4.39 Å². The Morgan fingerprint density at radius 1 is 1.10 bits per heavy atom. The zero-order valence-corrected chi connectivity index (χ0v) is 12.7. The first-order valence-electron chi connectivity index (χ1n) is 6.45. The normalized spacial score (nSPS) is 12.3. The van der Waals surface area contributed by atoms with Crippen molar-refractivity contribution in [3.8, 4) is 5.69 Å². The molecule has 0 radical (unpaired) electrons. The lowest BCUT2D eigenvalue weighted by molar-refractivity contribution is 0.622. The van der Waals surface area contributed by atoms with E-state index >= 15 is 0 Å². The molecular formula is C16H13BrFN3. The number of nitrogens with zero attached hydrogens (tertiary/aromatic N) is 2. The van der Waals surface area contributed by atoms with Crippen LogP contribution < -0.4 is 5.73 Å². The molecule has 5 heteroatoms. The van der Waals surface area contributed by atoms with Gasteiger partial charge in [0, 0.05) is 16.2 Å². The van der Waals surface area contributed by atoms with Gasteiger partial charge in [-0.2, -0.15) is 5.10 Å². The summed E-state index contributed by atoms with van der Waals surface area (Å²) in [6, 6.07) is 14.0. The lowest BCUT2D eigenvalue weighted by Gasteiger charge is -2.10. The highest BCUT2D eigenvalue weighted by molar-refractivity contribution is 9.10. The van der Waals surface area contributed by atoms with Crippen molar-refractivity contribution in [2.45, 2.75) is 6.04 Å². The fraction of sp³-hybridized carbons (Fsp3) is 0.0625. The summed E-state index contributed by atoms with van der Waals surface area (Å²) < 4.78 is 15.9. The molecule has 106 valence electrons. The Bertz CT molecular complexity index is 735. The Labute approximate surface area is 130 Å². The van der Waals surface area contributed by atoms with Gasteiger partial charge in [0.15, 0.2) is 0 Å². The van der Waals surface area contributed by atoms with Crippen LogP contribution in [-0.2, 0) is 0 Å². The maximum Gasteiger partial charge on any atom is 0.124 e. The van der Waals surface area contributed by atoms with Gasteiger partial charge in [0.1, 0.15) is 5.82 Å². The third kappa shape index (κ3) is 3.04. The number of aromatic nitrogens is 2. The monoisotopic (exact) mass is 345 g/mol. The Hall–Kier alpha value is -1.98. The van der Waals surface area contributed by atoms with Gasteiger partial charge in [0.2, 0.25) is 0 Å². The first-order chi connectivity index (χ1) is 10.1. The van der Waals surface area contributed by atoms with Gasteiger partial charge in [-0.05, 0) is 35.9 Å². The molecule has 1 aromatic heterocycles. The van der Waals surface area contributed by atoms with Gasteiger partial charge in [-0.3, -0.25) is 0 Å². The SMILES string of the molecule is NC(c1cc(F)cc(Br)c1)c1cnn(-c2ccccc2)c1. The van der Waals surface area contributed by atoms with E-state index in [2.05, 4.69) is 21.0 Å². The highest BCUT2D eigenvalue weighted by Gasteiger charge is 2.13. The molecule has 3 nitrogen and oxygen atoms in total. The molecule has 0 saturated carbocycles. The molecular weight excluding hydrogens is 333 g/mol. The van der Waals surface area contributed by atoms with E-state index in [4.69, 9.17) is 5.73 Å². The van der Waals surface area contributed by atoms with Crippen LogP contribution >= 0.6 is 15.9 Å². The van der Waals surface area contributed by atoms with Crippen LogP contribution in [0.3, 0.4) is 0 Å². The topological polar surface area (TPSA) is 43.8 Å². The Morgan fingerprint density at radius 2 is 1.86 bits per heavy atom. The highest BCUT2D eigenvalue weighted by Crippen LogP contribution is 2.24. The molecule has 0 amide bonds. The Morgan fingerprint density at radius 3 is 2.57 bits per heavy atom. The van der Waals surface area contributed by atoms with E-state index in [9.17, 15) is 4.39 Å². The van der Waals surface area contributed by atoms with Gasteiger partial charge < -0.3 is 5.73 Å². The average molecular weight is 346 g/mol. The predicted octanol–water partition coefficient (Wildman–Crippen LogP) is 3.82. The van der Waals surface area contributed by atoms with Crippen molar-refractivity contribution in [1.29, 1.82) is 0 Å². The summed E-state index contributed by atoms with van der Waals surface area (Å²) in [4.78, 5) is 0. The molecule has 3 aromatic rings. The van der Waals surface area contributed by atoms with E-state index in [1.54, 1.807) is 10.9 Å². The van der Waals surface area contributed by atoms with Crippen molar-refractivity contribution in [2.75, 3.05) is 0 Å². The van der Waals surface area contributed by atoms with Crippen LogP contribution in [0.15, 0.2) is 65.4 Å². The van der Waals surface area contributed by atoms with Gasteiger partial charge in [-0.1, -0.05) is 34.1 Å². The first kappa shape index (κ1) is 14.0. The van der Waals surface area contributed by atoms with Gasteiger partial charge in [-0.15, -0.1) is 0 Å². The molecule has 1 heterocycles. The molecule has 1 unspecified atom stereocenters. The molecule has 0 fully saturated rings. The number of halogens is 2. The lowest BCUT2D eigenvalue weighted by Crippen LogP contribution is -2.11. The van der Waals surface area contributed by atoms with E-state index < -0.39 is 6.04 Å². The fourth-order valence-corrected chi connectivity index (χ4v) is 2.65. The van der Waals surface area contributed by atoms with Crippen molar-refractivity contribution >= 4 is 15.9 Å². The highest BCUT2D eigenvalue weighted by atomic mass is 79.9. The molecule has 0 aliphatic rings. The first-order valence-corrected chi connectivity index (χ1v) is 7.24. The van der Waals surface area contributed by atoms with Gasteiger partial charge >= 0.3 is 0 Å². The second-order valence-electron chi connectivity index (χ2n) is 4.73. The lowest BCUT2D eigenvalue weighted by atomic mass is 10.0. The van der Waals surface area contributed by atoms with Crippen molar-refractivity contribution in [2.24, 2.45) is 5.73 Å². The van der Waals surface area contributed by atoms with Crippen LogP contribution in [0.25, 0.3) is 5.69 Å². The minimum atomic E-state index is -0.422. The summed E-state index contributed by atoms with van der Waals surface area (Å²) in [5.74, 6) is -0.315. The molecule has 0 bridgehead atoms. The molecule has 1 atom stereocenters. The van der Waals surface area contributed by atoms with Crippen LogP contribution in [0.4, 0.5) is 4.39 Å². The van der Waals surface area contributed by atoms with Crippen LogP contribution in [0.2, 0.25) is 0 Å². The summed E-state index contributed by atoms with van der Waals surface area (Å²) in [7, 11) is 0. The third-order valence-electron chi connectivity index (χ3n) is 3.23. The van der Waals surface area contributed by atoms with Crippen LogP contribution in [0.5, 0.6) is 0 Å². The van der Waals surface area contributed by atoms with E-state index in [-0.39, 0.29) is 5.82 Å². The maximum atomic E-state index is 13.5. The minimum absolute atomic E-state index is 0.315. The van der Waals surface area contributed by atoms with E-state index in [1.165, 1.54) is 12.1 Å². The van der Waals surface area contributed by atoms with E-state index in [0.29, 0.717) is 10.0 Å². The summed E-state index contributed by atoms with van der Waals surface area (Å²) in [6.07, 6.45) is 3.56. The molecule has 3 rings (SSSR count). The molecule has 2 N–H and O–H groups in total. The van der Waals surface area contributed by atoms with Gasteiger partial charge in [-0.25, -0.2) is 9.07 Å². The largest absolute Gasteiger partial charge is 0.320 e. The second-order valence-corrected chi connectivity index (χ2v) is 5.65. The van der Waals surface area contributed by atoms with Crippen molar-refractivity contribution in [1.82, 2.24) is 9.78 Å². The zero-order valence-electron chi connectivity index (χ0n) is 11.1. The molecule has 2 aromatic carbocycles. The smallest absolute Gasteiger partial charge is 0.124 e. The molecule has 0 aliphatic carbocycles. The summed E-state index contributed by atoms with van der Waals surface area (Å²) in [6.45, 7) is 0. The van der Waals surface area contributed by atoms with Gasteiger partial charge in [0.25, 0.3) is 0 Å². The number of hydrogen-bond donors (Lipinski definition) is 1. The molecule has 0 aliphatic heterocycles. The zero-order chi connectivity index (χ0) is 14.8. The van der Waals surface area contributed by atoms with Gasteiger partial charge in [0.05, 0.1) is 17.9 Å². The third-order valence-corrected chi connectivity index (χ3v) is 3.68. The van der Waals surface area contributed by atoms with Crippen molar-refractivity contribution in [3.63, 3.8) is 0 Å². The summed E-state index contributed by atoms with van der Waals surface area (Å²) in [5.41, 5.74) is 8.69. The second kappa shape index (κ2) is 5.79. The molecule has 21 heavy (non-hydrogen) atoms. The standard InChI is InChI=1S/C16H13BrFN3/c17-13-6-11(7-14(18)8-13)16(19)12-9-20-21(10-12)15-4-2-1-3-5-15/h1-10,16H,19H2. The number of hydrogen-bond acceptors (Lipinski definition) is 2. The Kier molecular flexibility index (Phi) is 3.86. The maximum absolute atomic E-state index is 13.5. The molecule has 0 spiro atoms. The summed E-state index contributed by atoms with van der Waals surface area (Å²) >= 11 is 3.28. The Balaban J connectivity index is 1.92. The van der Waals surface area contributed by atoms with Crippen LogP contribution in [0, 0.1) is 5.82 Å². The number of benzene rings is 2. The minimum Gasteiger partial charge on any atom is -0.320 e. The number of para-hydroxylation sites is 1. The van der Waals surface area contributed by atoms with E-state index in [0.717, 1.165) is 11.3 Å². The van der Waals surface area contributed by atoms with Crippen LogP contribution in [-0.4, -0.2) is 9.78 Å². The van der Waals surface area contributed by atoms with Crippen molar-refractivity contribution in [3.05, 3.63) is 82.3 Å². The number of nitrogens with two attached hydrogens (primary N) is 1. The number of rotatable bonds is 3. The molecule has 0 saturated heterocycles. The predicted molar refractivity (Wildman–Crippen MR) is 83.7 cm³/mol. The van der Waals surface area contributed by atoms with E-state index in [1.807, 2.05) is 42.6 Å².